The van der Waals surface area contributed by atoms with Crippen molar-refractivity contribution >= 4 is 5.78 Å². The monoisotopic (exact) mass is 304 g/mol. The largest absolute Gasteiger partial charge is 0.393 e. The second-order valence-electron chi connectivity index (χ2n) is 8.17. The maximum atomic E-state index is 11.7. The van der Waals surface area contributed by atoms with Crippen molar-refractivity contribution < 1.29 is 15.0 Å². The number of aliphatic hydroxyl groups is 2. The number of rotatable bonds is 1. The second kappa shape index (κ2) is 5.17. The maximum Gasteiger partial charge on any atom is 0.158 e. The number of hydrogen-bond donors (Lipinski definition) is 2. The first-order valence-electron chi connectivity index (χ1n) is 9.16. The highest BCUT2D eigenvalue weighted by Gasteiger charge is 2.58. The van der Waals surface area contributed by atoms with E-state index in [-0.39, 0.29) is 23.2 Å². The topological polar surface area (TPSA) is 57.5 Å². The summed E-state index contributed by atoms with van der Waals surface area (Å²) in [5.41, 5.74) is 1.35. The van der Waals surface area contributed by atoms with Gasteiger partial charge in [-0.1, -0.05) is 12.5 Å². The highest BCUT2D eigenvalue weighted by molar-refractivity contribution is 5.92. The van der Waals surface area contributed by atoms with Gasteiger partial charge in [0.2, 0.25) is 0 Å². The highest BCUT2D eigenvalue weighted by atomic mass is 16.3. The quantitative estimate of drug-likeness (QED) is 0.783. The fourth-order valence-electron chi connectivity index (χ4n) is 6.71. The zero-order valence-corrected chi connectivity index (χ0v) is 13.5. The molecule has 3 heteroatoms. The van der Waals surface area contributed by atoms with E-state index >= 15 is 0 Å². The third kappa shape index (κ3) is 1.91. The van der Waals surface area contributed by atoms with Crippen LogP contribution in [0.1, 0.15) is 58.3 Å². The van der Waals surface area contributed by atoms with Crippen LogP contribution in [0, 0.1) is 29.1 Å². The van der Waals surface area contributed by atoms with Gasteiger partial charge < -0.3 is 10.2 Å². The minimum atomic E-state index is -0.472. The molecule has 3 fully saturated rings. The fourth-order valence-corrected chi connectivity index (χ4v) is 6.71. The Bertz CT molecular complexity index is 511. The van der Waals surface area contributed by atoms with E-state index in [0.717, 1.165) is 44.9 Å². The van der Waals surface area contributed by atoms with Crippen LogP contribution < -0.4 is 0 Å². The van der Waals surface area contributed by atoms with Crippen LogP contribution in [-0.4, -0.2) is 28.2 Å². The molecule has 0 aromatic rings. The van der Waals surface area contributed by atoms with Gasteiger partial charge in [0.25, 0.3) is 0 Å². The molecule has 22 heavy (non-hydrogen) atoms. The summed E-state index contributed by atoms with van der Waals surface area (Å²) >= 11 is 0. The SMILES string of the molecule is CC[C@]12CC[C@H]3[C@@H](CCC4=CC(=O)C[C@H](O)[C@@H]43)[C@@H]1CC[C@@H]2O. The van der Waals surface area contributed by atoms with Gasteiger partial charge in [-0.3, -0.25) is 4.79 Å². The third-order valence-corrected chi connectivity index (χ3v) is 7.65. The Hall–Kier alpha value is -0.670. The van der Waals surface area contributed by atoms with Gasteiger partial charge in [-0.15, -0.1) is 0 Å². The smallest absolute Gasteiger partial charge is 0.158 e. The Kier molecular flexibility index (Phi) is 3.50. The first-order valence-corrected chi connectivity index (χ1v) is 9.16. The Morgan fingerprint density at radius 1 is 1.18 bits per heavy atom. The Morgan fingerprint density at radius 3 is 2.77 bits per heavy atom. The van der Waals surface area contributed by atoms with Crippen molar-refractivity contribution in [3.05, 3.63) is 11.6 Å². The van der Waals surface area contributed by atoms with Crippen LogP contribution in [0.2, 0.25) is 0 Å². The van der Waals surface area contributed by atoms with E-state index in [1.165, 1.54) is 5.57 Å². The normalized spacial score (nSPS) is 50.9. The molecule has 3 saturated carbocycles. The van der Waals surface area contributed by atoms with E-state index < -0.39 is 6.10 Å². The molecule has 0 bridgehead atoms. The summed E-state index contributed by atoms with van der Waals surface area (Å²) in [5.74, 6) is 2.10. The number of fused-ring (bicyclic) bond motifs is 5. The summed E-state index contributed by atoms with van der Waals surface area (Å²) in [6.07, 6.45) is 9.05. The average molecular weight is 304 g/mol. The molecule has 0 unspecified atom stereocenters. The molecule has 122 valence electrons. The van der Waals surface area contributed by atoms with E-state index in [1.54, 1.807) is 0 Å². The first-order chi connectivity index (χ1) is 10.6. The van der Waals surface area contributed by atoms with E-state index in [2.05, 4.69) is 6.92 Å². The van der Waals surface area contributed by atoms with Crippen molar-refractivity contribution in [1.29, 1.82) is 0 Å². The standard InChI is InChI=1S/C19H28O3/c1-2-19-8-7-14-13(15(19)5-6-17(19)22)4-3-11-9-12(20)10-16(21)18(11)14/h9,13-18,21-22H,2-8,10H2,1H3/t13-,14+,15+,16+,17+,18+,19+/m1/s1. The lowest BCUT2D eigenvalue weighted by Gasteiger charge is -2.55. The molecule has 0 radical (unpaired) electrons. The predicted octanol–water partition coefficient (Wildman–Crippen LogP) is 2.85. The summed E-state index contributed by atoms with van der Waals surface area (Å²) in [4.78, 5) is 11.7. The summed E-state index contributed by atoms with van der Waals surface area (Å²) < 4.78 is 0. The van der Waals surface area contributed by atoms with Crippen molar-refractivity contribution in [1.82, 2.24) is 0 Å². The zero-order valence-electron chi connectivity index (χ0n) is 13.5. The maximum absolute atomic E-state index is 11.7. The van der Waals surface area contributed by atoms with Crippen molar-refractivity contribution in [2.75, 3.05) is 0 Å². The molecule has 0 aromatic carbocycles. The average Bonchev–Trinajstić information content (AvgIpc) is 2.84. The molecule has 4 aliphatic rings. The third-order valence-electron chi connectivity index (χ3n) is 7.65. The molecule has 4 aliphatic carbocycles. The lowest BCUT2D eigenvalue weighted by Crippen LogP contribution is -2.51. The van der Waals surface area contributed by atoms with Crippen LogP contribution in [-0.2, 0) is 4.79 Å². The van der Waals surface area contributed by atoms with Crippen LogP contribution >= 0.6 is 0 Å². The Morgan fingerprint density at radius 2 is 2.00 bits per heavy atom. The van der Waals surface area contributed by atoms with Crippen molar-refractivity contribution in [3.8, 4) is 0 Å². The van der Waals surface area contributed by atoms with E-state index in [1.807, 2.05) is 6.08 Å². The predicted molar refractivity (Wildman–Crippen MR) is 84.1 cm³/mol. The van der Waals surface area contributed by atoms with Crippen LogP contribution in [0.4, 0.5) is 0 Å². The minimum Gasteiger partial charge on any atom is -0.393 e. The van der Waals surface area contributed by atoms with Gasteiger partial charge in [-0.25, -0.2) is 0 Å². The fraction of sp³-hybridized carbons (Fsp3) is 0.842. The van der Waals surface area contributed by atoms with Gasteiger partial charge in [-0.05, 0) is 74.2 Å². The van der Waals surface area contributed by atoms with Crippen LogP contribution in [0.25, 0.3) is 0 Å². The molecule has 0 heterocycles. The molecule has 2 N–H and O–H groups in total. The van der Waals surface area contributed by atoms with Crippen molar-refractivity contribution in [2.45, 2.75) is 70.5 Å². The lowest BCUT2D eigenvalue weighted by molar-refractivity contribution is -0.121. The molecule has 0 saturated heterocycles. The van der Waals surface area contributed by atoms with E-state index in [0.29, 0.717) is 24.2 Å². The van der Waals surface area contributed by atoms with E-state index in [9.17, 15) is 15.0 Å². The molecule has 0 amide bonds. The molecule has 0 spiro atoms. The van der Waals surface area contributed by atoms with Crippen LogP contribution in [0.15, 0.2) is 11.6 Å². The van der Waals surface area contributed by atoms with Crippen molar-refractivity contribution in [3.63, 3.8) is 0 Å². The van der Waals surface area contributed by atoms with Gasteiger partial charge in [0.05, 0.1) is 12.2 Å². The lowest BCUT2D eigenvalue weighted by atomic mass is 9.51. The number of ketones is 1. The molecular weight excluding hydrogens is 276 g/mol. The number of carbonyl (C=O) groups excluding carboxylic acids is 1. The number of aliphatic hydroxyl groups excluding tert-OH is 2. The minimum absolute atomic E-state index is 0.104. The molecule has 7 atom stereocenters. The first kappa shape index (κ1) is 14.9. The molecular formula is C19H28O3. The zero-order chi connectivity index (χ0) is 15.5. The van der Waals surface area contributed by atoms with Gasteiger partial charge in [0.15, 0.2) is 5.78 Å². The Balaban J connectivity index is 1.66. The second-order valence-corrected chi connectivity index (χ2v) is 8.17. The van der Waals surface area contributed by atoms with Crippen LogP contribution in [0.3, 0.4) is 0 Å². The van der Waals surface area contributed by atoms with E-state index in [4.69, 9.17) is 0 Å². The molecule has 4 rings (SSSR count). The van der Waals surface area contributed by atoms with Gasteiger partial charge >= 0.3 is 0 Å². The summed E-state index contributed by atoms with van der Waals surface area (Å²) in [6, 6.07) is 0. The van der Waals surface area contributed by atoms with Crippen LogP contribution in [0.5, 0.6) is 0 Å². The van der Waals surface area contributed by atoms with Gasteiger partial charge in [0, 0.05) is 12.3 Å². The van der Waals surface area contributed by atoms with Gasteiger partial charge in [0.1, 0.15) is 0 Å². The summed E-state index contributed by atoms with van der Waals surface area (Å²) in [5, 5.41) is 21.1. The summed E-state index contributed by atoms with van der Waals surface area (Å²) in [7, 11) is 0. The number of carbonyl (C=O) groups is 1. The Labute approximate surface area is 132 Å². The summed E-state index contributed by atoms with van der Waals surface area (Å²) in [6.45, 7) is 2.24. The molecule has 0 aromatic heterocycles. The van der Waals surface area contributed by atoms with Gasteiger partial charge in [-0.2, -0.15) is 0 Å². The van der Waals surface area contributed by atoms with Crippen molar-refractivity contribution in [2.24, 2.45) is 29.1 Å². The highest BCUT2D eigenvalue weighted by Crippen LogP contribution is 2.63. The molecule has 3 nitrogen and oxygen atoms in total. The number of hydrogen-bond acceptors (Lipinski definition) is 3. The molecule has 0 aliphatic heterocycles.